The molecule has 3 heteroatoms. The molecule has 14 heavy (non-hydrogen) atoms. The number of aliphatic carboxylic acids is 1. The highest BCUT2D eigenvalue weighted by molar-refractivity contribution is 5.69. The Morgan fingerprint density at radius 2 is 1.64 bits per heavy atom. The van der Waals surface area contributed by atoms with E-state index in [1.54, 1.807) is 6.92 Å². The van der Waals surface area contributed by atoms with Crippen molar-refractivity contribution in [2.45, 2.75) is 41.0 Å². The lowest BCUT2D eigenvalue weighted by molar-refractivity contribution is -0.143. The molecule has 0 spiro atoms. The first-order valence-corrected chi connectivity index (χ1v) is 4.98. The van der Waals surface area contributed by atoms with Gasteiger partial charge in [0.1, 0.15) is 0 Å². The first kappa shape index (κ1) is 13.4. The van der Waals surface area contributed by atoms with Crippen molar-refractivity contribution in [1.82, 2.24) is 0 Å². The van der Waals surface area contributed by atoms with Crippen molar-refractivity contribution in [2.75, 3.05) is 6.61 Å². The van der Waals surface area contributed by atoms with Gasteiger partial charge in [-0.15, -0.1) is 0 Å². The summed E-state index contributed by atoms with van der Waals surface area (Å²) in [6.45, 7) is 9.71. The van der Waals surface area contributed by atoms with Gasteiger partial charge in [0.15, 0.2) is 0 Å². The Labute approximate surface area is 86.1 Å². The lowest BCUT2D eigenvalue weighted by Crippen LogP contribution is -2.38. The Kier molecular flexibility index (Phi) is 4.13. The van der Waals surface area contributed by atoms with Crippen LogP contribution >= 0.6 is 0 Å². The maximum Gasteiger partial charge on any atom is 0.306 e. The monoisotopic (exact) mass is 202 g/mol. The molecule has 2 N–H and O–H groups in total. The number of carbonyl (C=O) groups is 1. The van der Waals surface area contributed by atoms with Crippen LogP contribution in [0, 0.1) is 16.7 Å². The van der Waals surface area contributed by atoms with Crippen LogP contribution in [-0.2, 0) is 4.79 Å². The lowest BCUT2D eigenvalue weighted by atomic mass is 9.64. The summed E-state index contributed by atoms with van der Waals surface area (Å²) < 4.78 is 0. The quantitative estimate of drug-likeness (QED) is 0.718. The predicted molar refractivity (Wildman–Crippen MR) is 56.1 cm³/mol. The van der Waals surface area contributed by atoms with Crippen LogP contribution in [0.4, 0.5) is 0 Å². The normalized spacial score (nSPS) is 15.3. The fourth-order valence-electron chi connectivity index (χ4n) is 1.34. The Morgan fingerprint density at radius 1 is 1.21 bits per heavy atom. The van der Waals surface area contributed by atoms with Crippen molar-refractivity contribution in [1.29, 1.82) is 0 Å². The van der Waals surface area contributed by atoms with Gasteiger partial charge < -0.3 is 10.2 Å². The molecule has 0 aliphatic heterocycles. The number of rotatable bonds is 5. The molecule has 0 aliphatic rings. The minimum atomic E-state index is -0.771. The first-order valence-electron chi connectivity index (χ1n) is 4.98. The molecule has 0 saturated carbocycles. The van der Waals surface area contributed by atoms with E-state index in [4.69, 9.17) is 5.11 Å². The zero-order valence-electron chi connectivity index (χ0n) is 9.79. The van der Waals surface area contributed by atoms with Crippen LogP contribution in [0.2, 0.25) is 0 Å². The van der Waals surface area contributed by atoms with Crippen LogP contribution in [0.1, 0.15) is 41.0 Å². The van der Waals surface area contributed by atoms with Crippen LogP contribution in [0.5, 0.6) is 0 Å². The number of carboxylic acid groups (broad SMARTS) is 1. The Hall–Kier alpha value is -0.570. The molecular formula is C11H22O3. The molecule has 0 bridgehead atoms. The molecular weight excluding hydrogens is 180 g/mol. The third kappa shape index (κ3) is 2.98. The van der Waals surface area contributed by atoms with E-state index < -0.39 is 5.97 Å². The SMILES string of the molecule is CC(CC(C)(C)C(C)(C)CO)C(=O)O. The lowest BCUT2D eigenvalue weighted by Gasteiger charge is -2.41. The van der Waals surface area contributed by atoms with Gasteiger partial charge in [0, 0.05) is 6.61 Å². The molecule has 84 valence electrons. The average molecular weight is 202 g/mol. The topological polar surface area (TPSA) is 57.5 Å². The standard InChI is InChI=1S/C11H22O3/c1-8(9(13)14)6-10(2,3)11(4,5)7-12/h8,12H,6-7H2,1-5H3,(H,13,14). The van der Waals surface area contributed by atoms with Crippen molar-refractivity contribution in [3.8, 4) is 0 Å². The summed E-state index contributed by atoms with van der Waals surface area (Å²) in [4.78, 5) is 10.7. The Morgan fingerprint density at radius 3 is 1.93 bits per heavy atom. The van der Waals surface area contributed by atoms with E-state index >= 15 is 0 Å². The largest absolute Gasteiger partial charge is 0.481 e. The minimum Gasteiger partial charge on any atom is -0.481 e. The number of hydrogen-bond acceptors (Lipinski definition) is 2. The Balaban J connectivity index is 4.56. The summed E-state index contributed by atoms with van der Waals surface area (Å²) >= 11 is 0. The minimum absolute atomic E-state index is 0.0757. The maximum atomic E-state index is 10.7. The molecule has 3 nitrogen and oxygen atoms in total. The van der Waals surface area contributed by atoms with E-state index in [1.165, 1.54) is 0 Å². The van der Waals surface area contributed by atoms with Crippen molar-refractivity contribution < 1.29 is 15.0 Å². The van der Waals surface area contributed by atoms with Gasteiger partial charge in [0.25, 0.3) is 0 Å². The number of hydrogen-bond donors (Lipinski definition) is 2. The highest BCUT2D eigenvalue weighted by atomic mass is 16.4. The summed E-state index contributed by atoms with van der Waals surface area (Å²) in [5.41, 5.74) is -0.434. The first-order chi connectivity index (χ1) is 6.14. The molecule has 0 heterocycles. The van der Waals surface area contributed by atoms with Crippen LogP contribution in [0.3, 0.4) is 0 Å². The second-order valence-electron chi connectivity index (χ2n) is 5.37. The third-order valence-corrected chi connectivity index (χ3v) is 3.47. The molecule has 0 aromatic rings. The molecule has 0 rings (SSSR count). The molecule has 1 unspecified atom stereocenters. The van der Waals surface area contributed by atoms with Crippen molar-refractivity contribution in [3.05, 3.63) is 0 Å². The van der Waals surface area contributed by atoms with E-state index in [0.29, 0.717) is 6.42 Å². The third-order valence-electron chi connectivity index (χ3n) is 3.47. The number of carboxylic acids is 1. The smallest absolute Gasteiger partial charge is 0.306 e. The maximum absolute atomic E-state index is 10.7. The van der Waals surface area contributed by atoms with Crippen LogP contribution < -0.4 is 0 Å². The van der Waals surface area contributed by atoms with Gasteiger partial charge in [0.2, 0.25) is 0 Å². The molecule has 0 aromatic heterocycles. The predicted octanol–water partition coefficient (Wildman–Crippen LogP) is 2.14. The van der Waals surface area contributed by atoms with Gasteiger partial charge in [-0.3, -0.25) is 4.79 Å². The zero-order chi connectivity index (χ0) is 11.6. The number of aliphatic hydroxyl groups is 1. The molecule has 0 fully saturated rings. The summed E-state index contributed by atoms with van der Waals surface area (Å²) in [5, 5.41) is 18.1. The highest BCUT2D eigenvalue weighted by Gasteiger charge is 2.38. The van der Waals surface area contributed by atoms with Gasteiger partial charge >= 0.3 is 5.97 Å². The van der Waals surface area contributed by atoms with Crippen LogP contribution in [0.15, 0.2) is 0 Å². The summed E-state index contributed by atoms with van der Waals surface area (Å²) in [7, 11) is 0. The van der Waals surface area contributed by atoms with Crippen molar-refractivity contribution in [2.24, 2.45) is 16.7 Å². The molecule has 0 aromatic carbocycles. The van der Waals surface area contributed by atoms with Gasteiger partial charge in [-0.25, -0.2) is 0 Å². The van der Waals surface area contributed by atoms with Gasteiger partial charge in [-0.2, -0.15) is 0 Å². The van der Waals surface area contributed by atoms with Gasteiger partial charge in [0.05, 0.1) is 5.92 Å². The molecule has 0 amide bonds. The van der Waals surface area contributed by atoms with E-state index in [0.717, 1.165) is 0 Å². The summed E-state index contributed by atoms with van der Waals surface area (Å²) in [6.07, 6.45) is 0.579. The summed E-state index contributed by atoms with van der Waals surface area (Å²) in [6, 6.07) is 0. The van der Waals surface area contributed by atoms with E-state index in [1.807, 2.05) is 27.7 Å². The second-order valence-corrected chi connectivity index (χ2v) is 5.37. The Bertz CT molecular complexity index is 207. The highest BCUT2D eigenvalue weighted by Crippen LogP contribution is 2.42. The second kappa shape index (κ2) is 4.30. The van der Waals surface area contributed by atoms with E-state index in [2.05, 4.69) is 0 Å². The van der Waals surface area contributed by atoms with Crippen molar-refractivity contribution >= 4 is 5.97 Å². The van der Waals surface area contributed by atoms with Crippen LogP contribution in [0.25, 0.3) is 0 Å². The molecule has 0 aliphatic carbocycles. The van der Waals surface area contributed by atoms with E-state index in [9.17, 15) is 9.90 Å². The molecule has 0 radical (unpaired) electrons. The van der Waals surface area contributed by atoms with Crippen molar-refractivity contribution in [3.63, 3.8) is 0 Å². The fourth-order valence-corrected chi connectivity index (χ4v) is 1.34. The van der Waals surface area contributed by atoms with Gasteiger partial charge in [-0.1, -0.05) is 34.6 Å². The molecule has 1 atom stereocenters. The summed E-state index contributed by atoms with van der Waals surface area (Å²) in [5.74, 6) is -1.14. The number of aliphatic hydroxyl groups excluding tert-OH is 1. The fraction of sp³-hybridized carbons (Fsp3) is 0.909. The average Bonchev–Trinajstić information content (AvgIpc) is 2.03. The van der Waals surface area contributed by atoms with Crippen LogP contribution in [-0.4, -0.2) is 22.8 Å². The van der Waals surface area contributed by atoms with Gasteiger partial charge in [-0.05, 0) is 17.3 Å². The zero-order valence-corrected chi connectivity index (χ0v) is 9.79. The van der Waals surface area contributed by atoms with E-state index in [-0.39, 0.29) is 23.4 Å². The molecule has 0 saturated heterocycles.